The highest BCUT2D eigenvalue weighted by atomic mass is 32.2. The number of rotatable bonds is 6. The molecule has 2 aromatic rings. The van der Waals surface area contributed by atoms with Gasteiger partial charge in [-0.15, -0.1) is 0 Å². The van der Waals surface area contributed by atoms with Gasteiger partial charge in [0.1, 0.15) is 0 Å². The van der Waals surface area contributed by atoms with Crippen molar-refractivity contribution in [2.45, 2.75) is 50.4 Å². The SMILES string of the molecule is CCn1c(SCC(=O)NCC2CCCC(O)C2)nc2ccccc21. The van der Waals surface area contributed by atoms with Crippen LogP contribution in [0.2, 0.25) is 0 Å². The maximum atomic E-state index is 12.1. The van der Waals surface area contributed by atoms with E-state index in [9.17, 15) is 9.90 Å². The smallest absolute Gasteiger partial charge is 0.230 e. The van der Waals surface area contributed by atoms with Crippen LogP contribution in [0.5, 0.6) is 0 Å². The first kappa shape index (κ1) is 17.3. The van der Waals surface area contributed by atoms with Gasteiger partial charge in [0.2, 0.25) is 5.91 Å². The number of aliphatic hydroxyl groups is 1. The second kappa shape index (κ2) is 8.03. The first-order valence-electron chi connectivity index (χ1n) is 8.70. The average molecular weight is 347 g/mol. The molecular weight excluding hydrogens is 322 g/mol. The van der Waals surface area contributed by atoms with Gasteiger partial charge in [0.15, 0.2) is 5.16 Å². The molecule has 0 spiro atoms. The van der Waals surface area contributed by atoms with Crippen LogP contribution in [0.3, 0.4) is 0 Å². The molecule has 2 N–H and O–H groups in total. The van der Waals surface area contributed by atoms with Crippen LogP contribution in [0, 0.1) is 5.92 Å². The number of thioether (sulfide) groups is 1. The molecule has 1 aromatic heterocycles. The lowest BCUT2D eigenvalue weighted by Crippen LogP contribution is -2.33. The Balaban J connectivity index is 1.53. The maximum absolute atomic E-state index is 12.1. The van der Waals surface area contributed by atoms with Crippen LogP contribution in [-0.4, -0.2) is 39.0 Å². The number of amides is 1. The predicted octanol–water partition coefficient (Wildman–Crippen LogP) is 2.82. The Bertz CT molecular complexity index is 701. The number of benzene rings is 1. The van der Waals surface area contributed by atoms with Gasteiger partial charge in [-0.05, 0) is 44.2 Å². The first-order chi connectivity index (χ1) is 11.7. The van der Waals surface area contributed by atoms with E-state index in [-0.39, 0.29) is 12.0 Å². The minimum atomic E-state index is -0.195. The van der Waals surface area contributed by atoms with Gasteiger partial charge in [-0.3, -0.25) is 4.79 Å². The Morgan fingerprint density at radius 3 is 3.04 bits per heavy atom. The van der Waals surface area contributed by atoms with E-state index in [4.69, 9.17) is 0 Å². The minimum Gasteiger partial charge on any atom is -0.393 e. The highest BCUT2D eigenvalue weighted by molar-refractivity contribution is 7.99. The molecule has 0 aliphatic heterocycles. The van der Waals surface area contributed by atoms with Crippen molar-refractivity contribution < 1.29 is 9.90 Å². The molecule has 1 saturated carbocycles. The number of hydrogen-bond acceptors (Lipinski definition) is 4. The Morgan fingerprint density at radius 1 is 1.42 bits per heavy atom. The molecule has 1 heterocycles. The summed E-state index contributed by atoms with van der Waals surface area (Å²) < 4.78 is 2.14. The number of fused-ring (bicyclic) bond motifs is 1. The molecule has 0 radical (unpaired) electrons. The van der Waals surface area contributed by atoms with Crippen molar-refractivity contribution in [1.82, 2.24) is 14.9 Å². The lowest BCUT2D eigenvalue weighted by Gasteiger charge is -2.25. The maximum Gasteiger partial charge on any atom is 0.230 e. The van der Waals surface area contributed by atoms with Crippen LogP contribution in [-0.2, 0) is 11.3 Å². The van der Waals surface area contributed by atoms with E-state index in [2.05, 4.69) is 27.9 Å². The van der Waals surface area contributed by atoms with Crippen LogP contribution in [0.25, 0.3) is 11.0 Å². The van der Waals surface area contributed by atoms with E-state index in [0.717, 1.165) is 48.4 Å². The molecule has 24 heavy (non-hydrogen) atoms. The number of nitrogens with one attached hydrogen (secondary N) is 1. The number of aromatic nitrogens is 2. The molecule has 1 aromatic carbocycles. The summed E-state index contributed by atoms with van der Waals surface area (Å²) in [4.78, 5) is 16.8. The fourth-order valence-corrected chi connectivity index (χ4v) is 4.26. The second-order valence-corrected chi connectivity index (χ2v) is 7.35. The van der Waals surface area contributed by atoms with Crippen molar-refractivity contribution in [3.05, 3.63) is 24.3 Å². The molecule has 0 saturated heterocycles. The lowest BCUT2D eigenvalue weighted by atomic mass is 9.87. The summed E-state index contributed by atoms with van der Waals surface area (Å²) in [6.07, 6.45) is 3.65. The molecule has 1 fully saturated rings. The molecule has 2 unspecified atom stereocenters. The van der Waals surface area contributed by atoms with Crippen molar-refractivity contribution in [3.63, 3.8) is 0 Å². The van der Waals surface area contributed by atoms with Gasteiger partial charge < -0.3 is 15.0 Å². The van der Waals surface area contributed by atoms with Crippen LogP contribution in [0.4, 0.5) is 0 Å². The summed E-state index contributed by atoms with van der Waals surface area (Å²) >= 11 is 1.48. The molecule has 1 aliphatic carbocycles. The molecular formula is C18H25N3O2S. The van der Waals surface area contributed by atoms with Crippen molar-refractivity contribution in [1.29, 1.82) is 0 Å². The number of nitrogens with zero attached hydrogens (tertiary/aromatic N) is 2. The Hall–Kier alpha value is -1.53. The number of hydrogen-bond donors (Lipinski definition) is 2. The topological polar surface area (TPSA) is 67.2 Å². The third-order valence-electron chi connectivity index (χ3n) is 4.61. The summed E-state index contributed by atoms with van der Waals surface area (Å²) in [6.45, 7) is 3.59. The van der Waals surface area contributed by atoms with E-state index in [1.807, 2.05) is 18.2 Å². The Kier molecular flexibility index (Phi) is 5.79. The zero-order chi connectivity index (χ0) is 16.9. The molecule has 5 nitrogen and oxygen atoms in total. The first-order valence-corrected chi connectivity index (χ1v) is 9.68. The summed E-state index contributed by atoms with van der Waals surface area (Å²) in [7, 11) is 0. The standard InChI is InChI=1S/C18H25N3O2S/c1-2-21-16-9-4-3-8-15(16)20-18(21)24-12-17(23)19-11-13-6-5-7-14(22)10-13/h3-4,8-9,13-14,22H,2,5-7,10-12H2,1H3,(H,19,23). The van der Waals surface area contributed by atoms with E-state index < -0.39 is 0 Å². The van der Waals surface area contributed by atoms with Gasteiger partial charge in [-0.25, -0.2) is 4.98 Å². The van der Waals surface area contributed by atoms with Gasteiger partial charge >= 0.3 is 0 Å². The van der Waals surface area contributed by atoms with Crippen LogP contribution >= 0.6 is 11.8 Å². The largest absolute Gasteiger partial charge is 0.393 e. The second-order valence-electron chi connectivity index (χ2n) is 6.41. The Morgan fingerprint density at radius 2 is 2.25 bits per heavy atom. The quantitative estimate of drug-likeness (QED) is 0.789. The molecule has 3 rings (SSSR count). The minimum absolute atomic E-state index is 0.0368. The monoisotopic (exact) mass is 347 g/mol. The van der Waals surface area contributed by atoms with Crippen molar-refractivity contribution >= 4 is 28.7 Å². The molecule has 6 heteroatoms. The molecule has 0 bridgehead atoms. The summed E-state index contributed by atoms with van der Waals surface area (Å²) in [6, 6.07) is 8.05. The fraction of sp³-hybridized carbons (Fsp3) is 0.556. The summed E-state index contributed by atoms with van der Waals surface area (Å²) in [5, 5.41) is 13.6. The van der Waals surface area contributed by atoms with Crippen LogP contribution in [0.15, 0.2) is 29.4 Å². The van der Waals surface area contributed by atoms with Gasteiger partial charge in [0.05, 0.1) is 22.9 Å². The summed E-state index contributed by atoms with van der Waals surface area (Å²) in [5.41, 5.74) is 2.08. The van der Waals surface area contributed by atoms with Gasteiger partial charge in [-0.2, -0.15) is 0 Å². The van der Waals surface area contributed by atoms with Crippen molar-refractivity contribution in [2.75, 3.05) is 12.3 Å². The van der Waals surface area contributed by atoms with Gasteiger partial charge in [-0.1, -0.05) is 30.3 Å². The third-order valence-corrected chi connectivity index (χ3v) is 5.59. The normalized spacial score (nSPS) is 21.1. The number of para-hydroxylation sites is 2. The van der Waals surface area contributed by atoms with E-state index >= 15 is 0 Å². The number of aryl methyl sites for hydroxylation is 1. The zero-order valence-electron chi connectivity index (χ0n) is 14.1. The zero-order valence-corrected chi connectivity index (χ0v) is 14.9. The van der Waals surface area contributed by atoms with Gasteiger partial charge in [0.25, 0.3) is 0 Å². The number of imidazole rings is 1. The van der Waals surface area contributed by atoms with E-state index in [1.165, 1.54) is 11.8 Å². The van der Waals surface area contributed by atoms with E-state index in [0.29, 0.717) is 18.2 Å². The molecule has 130 valence electrons. The molecule has 2 atom stereocenters. The highest BCUT2D eigenvalue weighted by Crippen LogP contribution is 2.25. The lowest BCUT2D eigenvalue weighted by molar-refractivity contribution is -0.118. The van der Waals surface area contributed by atoms with Crippen LogP contribution in [0.1, 0.15) is 32.6 Å². The average Bonchev–Trinajstić information content (AvgIpc) is 2.95. The number of carbonyl (C=O) groups excluding carboxylic acids is 1. The fourth-order valence-electron chi connectivity index (χ4n) is 3.36. The Labute approximate surface area is 146 Å². The predicted molar refractivity (Wildman–Crippen MR) is 97.1 cm³/mol. The van der Waals surface area contributed by atoms with Crippen molar-refractivity contribution in [3.8, 4) is 0 Å². The summed E-state index contributed by atoms with van der Waals surface area (Å²) in [5.74, 6) is 0.816. The molecule has 1 aliphatic rings. The third kappa shape index (κ3) is 4.11. The number of carbonyl (C=O) groups is 1. The van der Waals surface area contributed by atoms with Crippen LogP contribution < -0.4 is 5.32 Å². The van der Waals surface area contributed by atoms with E-state index in [1.54, 1.807) is 0 Å². The van der Waals surface area contributed by atoms with Gasteiger partial charge in [0, 0.05) is 13.1 Å². The highest BCUT2D eigenvalue weighted by Gasteiger charge is 2.20. The number of aliphatic hydroxyl groups excluding tert-OH is 1. The molecule has 1 amide bonds. The van der Waals surface area contributed by atoms with Crippen molar-refractivity contribution in [2.24, 2.45) is 5.92 Å².